The Morgan fingerprint density at radius 2 is 2.10 bits per heavy atom. The van der Waals surface area contributed by atoms with E-state index >= 15 is 0 Å². The molecule has 0 aliphatic carbocycles. The fraction of sp³-hybridized carbons (Fsp3) is 0.333. The van der Waals surface area contributed by atoms with Crippen LogP contribution in [0.5, 0.6) is 0 Å². The number of hydrogen-bond acceptors (Lipinski definition) is 4. The van der Waals surface area contributed by atoms with Gasteiger partial charge in [0, 0.05) is 23.7 Å². The molecule has 0 unspecified atom stereocenters. The number of aromatic nitrogens is 1. The van der Waals surface area contributed by atoms with Crippen molar-refractivity contribution < 1.29 is 18.8 Å². The average molecular weight is 290 g/mol. The van der Waals surface area contributed by atoms with Gasteiger partial charge in [-0.25, -0.2) is 9.18 Å². The molecular weight excluding hydrogens is 275 g/mol. The second kappa shape index (κ2) is 5.65. The fourth-order valence-corrected chi connectivity index (χ4v) is 2.52. The Hall–Kier alpha value is -2.21. The molecule has 1 aromatic carbocycles. The van der Waals surface area contributed by atoms with Crippen molar-refractivity contribution in [2.24, 2.45) is 0 Å². The number of likely N-dealkylation sites (tertiary alicyclic amines) is 1. The summed E-state index contributed by atoms with van der Waals surface area (Å²) >= 11 is 0. The van der Waals surface area contributed by atoms with Crippen LogP contribution in [0.1, 0.15) is 28.9 Å². The van der Waals surface area contributed by atoms with Gasteiger partial charge in [-0.15, -0.1) is 0 Å². The van der Waals surface area contributed by atoms with Gasteiger partial charge in [0.25, 0.3) is 0 Å². The monoisotopic (exact) mass is 290 g/mol. The van der Waals surface area contributed by atoms with Crippen LogP contribution in [-0.2, 0) is 6.54 Å². The predicted octanol–water partition coefficient (Wildman–Crippen LogP) is 2.77. The van der Waals surface area contributed by atoms with Crippen molar-refractivity contribution >= 4 is 5.97 Å². The number of benzene rings is 1. The molecular formula is C15H15FN2O3. The van der Waals surface area contributed by atoms with Crippen molar-refractivity contribution in [2.75, 3.05) is 13.1 Å². The van der Waals surface area contributed by atoms with Crippen molar-refractivity contribution in [3.63, 3.8) is 0 Å². The van der Waals surface area contributed by atoms with E-state index in [2.05, 4.69) is 10.1 Å². The minimum atomic E-state index is -1.17. The van der Waals surface area contributed by atoms with Gasteiger partial charge in [-0.2, -0.15) is 0 Å². The standard InChI is InChI=1S/C15H15FN2O3/c16-12-7-10(14-8-13(15(19)20)17-21-14)3-4-11(12)9-18-5-1-2-6-18/h3-4,7-8H,1-2,5-6,9H2,(H,19,20). The third-order valence-corrected chi connectivity index (χ3v) is 3.66. The van der Waals surface area contributed by atoms with Gasteiger partial charge in [0.15, 0.2) is 11.5 Å². The van der Waals surface area contributed by atoms with E-state index in [4.69, 9.17) is 9.63 Å². The second-order valence-electron chi connectivity index (χ2n) is 5.17. The van der Waals surface area contributed by atoms with Crippen LogP contribution in [0.15, 0.2) is 28.8 Å². The Morgan fingerprint density at radius 3 is 2.71 bits per heavy atom. The Labute approximate surface area is 121 Å². The first kappa shape index (κ1) is 13.8. The van der Waals surface area contributed by atoms with Gasteiger partial charge in [0.1, 0.15) is 5.82 Å². The van der Waals surface area contributed by atoms with E-state index < -0.39 is 5.97 Å². The highest BCUT2D eigenvalue weighted by Gasteiger charge is 2.16. The lowest BCUT2D eigenvalue weighted by Crippen LogP contribution is -2.19. The minimum absolute atomic E-state index is 0.188. The summed E-state index contributed by atoms with van der Waals surface area (Å²) in [4.78, 5) is 13.0. The minimum Gasteiger partial charge on any atom is -0.476 e. The van der Waals surface area contributed by atoms with Crippen LogP contribution < -0.4 is 0 Å². The lowest BCUT2D eigenvalue weighted by atomic mass is 10.1. The normalized spacial score (nSPS) is 15.5. The van der Waals surface area contributed by atoms with Gasteiger partial charge >= 0.3 is 5.97 Å². The van der Waals surface area contributed by atoms with Gasteiger partial charge in [-0.1, -0.05) is 17.3 Å². The summed E-state index contributed by atoms with van der Waals surface area (Å²) in [5, 5.41) is 12.2. The van der Waals surface area contributed by atoms with Crippen LogP contribution in [0.3, 0.4) is 0 Å². The zero-order valence-electron chi connectivity index (χ0n) is 11.4. The van der Waals surface area contributed by atoms with Crippen LogP contribution in [0, 0.1) is 5.82 Å². The van der Waals surface area contributed by atoms with Crippen LogP contribution in [0.2, 0.25) is 0 Å². The molecule has 21 heavy (non-hydrogen) atoms. The molecule has 0 amide bonds. The van der Waals surface area contributed by atoms with Crippen LogP contribution in [-0.4, -0.2) is 34.2 Å². The molecule has 1 aliphatic rings. The number of aromatic carboxylic acids is 1. The molecule has 1 fully saturated rings. The number of rotatable bonds is 4. The molecule has 2 aromatic rings. The summed E-state index contributed by atoms with van der Waals surface area (Å²) in [6.07, 6.45) is 2.32. The van der Waals surface area contributed by atoms with Crippen molar-refractivity contribution in [1.82, 2.24) is 10.1 Å². The first-order chi connectivity index (χ1) is 10.1. The van der Waals surface area contributed by atoms with E-state index in [1.54, 1.807) is 12.1 Å². The van der Waals surface area contributed by atoms with E-state index in [0.717, 1.165) is 25.9 Å². The Balaban J connectivity index is 1.80. The van der Waals surface area contributed by atoms with Gasteiger partial charge in [-0.05, 0) is 32.0 Å². The summed E-state index contributed by atoms with van der Waals surface area (Å²) in [5.74, 6) is -1.23. The Bertz CT molecular complexity index is 663. The number of halogens is 1. The molecule has 0 saturated carbocycles. The van der Waals surface area contributed by atoms with Crippen molar-refractivity contribution in [2.45, 2.75) is 19.4 Å². The summed E-state index contributed by atoms with van der Waals surface area (Å²) in [6.45, 7) is 2.61. The lowest BCUT2D eigenvalue weighted by molar-refractivity contribution is 0.0686. The van der Waals surface area contributed by atoms with Crippen molar-refractivity contribution in [3.8, 4) is 11.3 Å². The van der Waals surface area contributed by atoms with Crippen LogP contribution >= 0.6 is 0 Å². The first-order valence-corrected chi connectivity index (χ1v) is 6.84. The van der Waals surface area contributed by atoms with E-state index in [0.29, 0.717) is 17.7 Å². The third kappa shape index (κ3) is 2.95. The molecule has 6 heteroatoms. The molecule has 0 bridgehead atoms. The van der Waals surface area contributed by atoms with Gasteiger partial charge in [-0.3, -0.25) is 4.90 Å². The number of carboxylic acids is 1. The summed E-state index contributed by atoms with van der Waals surface area (Å²) < 4.78 is 19.1. The van der Waals surface area contributed by atoms with E-state index in [1.165, 1.54) is 12.1 Å². The predicted molar refractivity (Wildman–Crippen MR) is 73.4 cm³/mol. The molecule has 0 spiro atoms. The lowest BCUT2D eigenvalue weighted by Gasteiger charge is -2.15. The maximum absolute atomic E-state index is 14.1. The van der Waals surface area contributed by atoms with Crippen molar-refractivity contribution in [1.29, 1.82) is 0 Å². The number of carboxylic acid groups (broad SMARTS) is 1. The van der Waals surface area contributed by atoms with Crippen LogP contribution in [0.4, 0.5) is 4.39 Å². The third-order valence-electron chi connectivity index (χ3n) is 3.66. The molecule has 5 nitrogen and oxygen atoms in total. The average Bonchev–Trinajstić information content (AvgIpc) is 3.12. The number of nitrogens with zero attached hydrogens (tertiary/aromatic N) is 2. The van der Waals surface area contributed by atoms with E-state index in [9.17, 15) is 9.18 Å². The summed E-state index contributed by atoms with van der Waals surface area (Å²) in [7, 11) is 0. The van der Waals surface area contributed by atoms with E-state index in [1.807, 2.05) is 0 Å². The zero-order valence-corrected chi connectivity index (χ0v) is 11.4. The summed E-state index contributed by atoms with van der Waals surface area (Å²) in [5.41, 5.74) is 0.933. The van der Waals surface area contributed by atoms with Crippen LogP contribution in [0.25, 0.3) is 11.3 Å². The molecule has 1 N–H and O–H groups in total. The quantitative estimate of drug-likeness (QED) is 0.937. The topological polar surface area (TPSA) is 66.6 Å². The van der Waals surface area contributed by atoms with E-state index in [-0.39, 0.29) is 17.3 Å². The summed E-state index contributed by atoms with van der Waals surface area (Å²) in [6, 6.07) is 6.08. The van der Waals surface area contributed by atoms with Gasteiger partial charge in [0.2, 0.25) is 0 Å². The fourth-order valence-electron chi connectivity index (χ4n) is 2.52. The number of hydrogen-bond donors (Lipinski definition) is 1. The Kier molecular flexibility index (Phi) is 3.70. The highest BCUT2D eigenvalue weighted by Crippen LogP contribution is 2.24. The molecule has 0 atom stereocenters. The number of carbonyl (C=O) groups is 1. The van der Waals surface area contributed by atoms with Gasteiger partial charge in [0.05, 0.1) is 0 Å². The highest BCUT2D eigenvalue weighted by atomic mass is 19.1. The largest absolute Gasteiger partial charge is 0.476 e. The molecule has 110 valence electrons. The molecule has 0 radical (unpaired) electrons. The molecule has 2 heterocycles. The second-order valence-corrected chi connectivity index (χ2v) is 5.17. The maximum Gasteiger partial charge on any atom is 0.358 e. The molecule has 3 rings (SSSR count). The molecule has 1 aliphatic heterocycles. The van der Waals surface area contributed by atoms with Gasteiger partial charge < -0.3 is 9.63 Å². The highest BCUT2D eigenvalue weighted by molar-refractivity contribution is 5.86. The van der Waals surface area contributed by atoms with Crippen molar-refractivity contribution in [3.05, 3.63) is 41.3 Å². The zero-order chi connectivity index (χ0) is 14.8. The first-order valence-electron chi connectivity index (χ1n) is 6.84. The maximum atomic E-state index is 14.1. The smallest absolute Gasteiger partial charge is 0.358 e. The molecule has 1 saturated heterocycles. The molecule has 1 aromatic heterocycles. The Morgan fingerprint density at radius 1 is 1.33 bits per heavy atom. The SMILES string of the molecule is O=C(O)c1cc(-c2ccc(CN3CCCC3)c(F)c2)on1.